The average Bonchev–Trinajstić information content (AvgIpc) is 2.38. The van der Waals surface area contributed by atoms with Crippen LogP contribution in [-0.4, -0.2) is 19.3 Å². The first-order chi connectivity index (χ1) is 9.60. The van der Waals surface area contributed by atoms with E-state index in [2.05, 4.69) is 15.9 Å². The fraction of sp³-hybridized carbons (Fsp3) is 0.200. The summed E-state index contributed by atoms with van der Waals surface area (Å²) in [6, 6.07) is 16.7. The van der Waals surface area contributed by atoms with Crippen molar-refractivity contribution in [2.24, 2.45) is 0 Å². The Kier molecular flexibility index (Phi) is 3.67. The van der Waals surface area contributed by atoms with Crippen molar-refractivity contribution < 1.29 is 8.42 Å². The number of nitrogens with zero attached hydrogens (tertiary/aromatic N) is 1. The lowest BCUT2D eigenvalue weighted by Crippen LogP contribution is -2.45. The van der Waals surface area contributed by atoms with Crippen LogP contribution in [0.1, 0.15) is 18.0 Å². The van der Waals surface area contributed by atoms with Gasteiger partial charge in [-0.2, -0.15) is 4.31 Å². The maximum absolute atomic E-state index is 12.7. The van der Waals surface area contributed by atoms with E-state index in [9.17, 15) is 8.42 Å². The summed E-state index contributed by atoms with van der Waals surface area (Å²) in [5, 5.41) is 0. The van der Waals surface area contributed by atoms with Crippen LogP contribution in [0.25, 0.3) is 0 Å². The molecule has 1 aliphatic heterocycles. The van der Waals surface area contributed by atoms with Gasteiger partial charge in [0.15, 0.2) is 0 Å². The predicted molar refractivity (Wildman–Crippen MR) is 81.8 cm³/mol. The van der Waals surface area contributed by atoms with Crippen molar-refractivity contribution in [2.75, 3.05) is 6.54 Å². The molecule has 3 rings (SSSR count). The van der Waals surface area contributed by atoms with Crippen molar-refractivity contribution in [1.82, 2.24) is 4.31 Å². The standard InChI is InChI=1S/C15H14BrNO2S/c16-13-8-4-5-9-15(13)20(18,19)17-11-10-14(17)12-6-2-1-3-7-12/h1-9,14H,10-11H2. The molecule has 1 aliphatic rings. The molecule has 0 N–H and O–H groups in total. The van der Waals surface area contributed by atoms with Gasteiger partial charge in [-0.15, -0.1) is 0 Å². The normalized spacial score (nSPS) is 19.6. The number of rotatable bonds is 3. The van der Waals surface area contributed by atoms with Crippen LogP contribution in [0.5, 0.6) is 0 Å². The lowest BCUT2D eigenvalue weighted by atomic mass is 9.98. The second-order valence-corrected chi connectivity index (χ2v) is 7.47. The highest BCUT2D eigenvalue weighted by Crippen LogP contribution is 2.39. The van der Waals surface area contributed by atoms with E-state index in [1.165, 1.54) is 0 Å². The van der Waals surface area contributed by atoms with E-state index in [-0.39, 0.29) is 6.04 Å². The number of hydrogen-bond acceptors (Lipinski definition) is 2. The van der Waals surface area contributed by atoms with E-state index in [1.807, 2.05) is 36.4 Å². The Balaban J connectivity index is 1.95. The molecule has 0 saturated carbocycles. The summed E-state index contributed by atoms with van der Waals surface area (Å²) in [5.41, 5.74) is 1.05. The molecule has 1 unspecified atom stereocenters. The molecule has 5 heteroatoms. The van der Waals surface area contributed by atoms with E-state index in [0.717, 1.165) is 12.0 Å². The molecule has 0 aromatic heterocycles. The molecule has 1 atom stereocenters. The Labute approximate surface area is 127 Å². The molecule has 1 heterocycles. The number of sulfonamides is 1. The van der Waals surface area contributed by atoms with Gasteiger partial charge in [0.1, 0.15) is 0 Å². The van der Waals surface area contributed by atoms with Gasteiger partial charge in [0.2, 0.25) is 10.0 Å². The molecule has 2 aromatic carbocycles. The minimum atomic E-state index is -3.44. The van der Waals surface area contributed by atoms with Crippen LogP contribution in [0.15, 0.2) is 64.0 Å². The van der Waals surface area contributed by atoms with Crippen molar-refractivity contribution in [3.8, 4) is 0 Å². The van der Waals surface area contributed by atoms with Crippen molar-refractivity contribution in [3.63, 3.8) is 0 Å². The Hall–Kier alpha value is -1.17. The minimum absolute atomic E-state index is 0.0479. The number of halogens is 1. The molecule has 1 fully saturated rings. The van der Waals surface area contributed by atoms with E-state index in [0.29, 0.717) is 15.9 Å². The maximum Gasteiger partial charge on any atom is 0.244 e. The van der Waals surface area contributed by atoms with E-state index in [4.69, 9.17) is 0 Å². The first-order valence-corrected chi connectivity index (χ1v) is 8.65. The van der Waals surface area contributed by atoms with Gasteiger partial charge in [0, 0.05) is 11.0 Å². The van der Waals surface area contributed by atoms with E-state index in [1.54, 1.807) is 22.5 Å². The van der Waals surface area contributed by atoms with Crippen LogP contribution >= 0.6 is 15.9 Å². The van der Waals surface area contributed by atoms with Crippen LogP contribution in [0.2, 0.25) is 0 Å². The van der Waals surface area contributed by atoms with Gasteiger partial charge in [-0.05, 0) is 40.0 Å². The molecule has 20 heavy (non-hydrogen) atoms. The van der Waals surface area contributed by atoms with Gasteiger partial charge < -0.3 is 0 Å². The molecule has 0 aliphatic carbocycles. The summed E-state index contributed by atoms with van der Waals surface area (Å²) in [6.45, 7) is 0.573. The third kappa shape index (κ3) is 2.30. The van der Waals surface area contributed by atoms with Crippen LogP contribution in [0.4, 0.5) is 0 Å². The second kappa shape index (κ2) is 5.31. The predicted octanol–water partition coefficient (Wildman–Crippen LogP) is 3.58. The SMILES string of the molecule is O=S(=O)(c1ccccc1Br)N1CCC1c1ccccc1. The van der Waals surface area contributed by atoms with E-state index < -0.39 is 10.0 Å². The van der Waals surface area contributed by atoms with Crippen LogP contribution in [0, 0.1) is 0 Å². The van der Waals surface area contributed by atoms with Crippen molar-refractivity contribution in [2.45, 2.75) is 17.4 Å². The van der Waals surface area contributed by atoms with Crippen LogP contribution in [0.3, 0.4) is 0 Å². The molecule has 104 valence electrons. The zero-order valence-electron chi connectivity index (χ0n) is 10.7. The fourth-order valence-electron chi connectivity index (χ4n) is 2.44. The third-order valence-electron chi connectivity index (χ3n) is 3.58. The van der Waals surface area contributed by atoms with Gasteiger partial charge in [0.25, 0.3) is 0 Å². The van der Waals surface area contributed by atoms with E-state index >= 15 is 0 Å². The Morgan fingerprint density at radius 1 is 1.00 bits per heavy atom. The Morgan fingerprint density at radius 3 is 2.25 bits per heavy atom. The van der Waals surface area contributed by atoms with Gasteiger partial charge in [-0.3, -0.25) is 0 Å². The van der Waals surface area contributed by atoms with Gasteiger partial charge in [-0.25, -0.2) is 8.42 Å². The summed E-state index contributed by atoms with van der Waals surface area (Å²) in [6.07, 6.45) is 0.869. The maximum atomic E-state index is 12.7. The summed E-state index contributed by atoms with van der Waals surface area (Å²) in [4.78, 5) is 0.334. The first kappa shape index (κ1) is 13.8. The van der Waals surface area contributed by atoms with Crippen molar-refractivity contribution in [1.29, 1.82) is 0 Å². The number of benzene rings is 2. The monoisotopic (exact) mass is 351 g/mol. The smallest absolute Gasteiger partial charge is 0.207 e. The summed E-state index contributed by atoms with van der Waals surface area (Å²) in [7, 11) is -3.44. The second-order valence-electron chi connectivity index (χ2n) is 4.76. The van der Waals surface area contributed by atoms with Crippen molar-refractivity contribution in [3.05, 3.63) is 64.6 Å². The van der Waals surface area contributed by atoms with Crippen molar-refractivity contribution >= 4 is 26.0 Å². The topological polar surface area (TPSA) is 37.4 Å². The molecule has 0 radical (unpaired) electrons. The molecule has 3 nitrogen and oxygen atoms in total. The van der Waals surface area contributed by atoms with Gasteiger partial charge >= 0.3 is 0 Å². The van der Waals surface area contributed by atoms with Gasteiger partial charge in [-0.1, -0.05) is 42.5 Å². The molecule has 0 bridgehead atoms. The summed E-state index contributed by atoms with van der Waals surface area (Å²) in [5.74, 6) is 0. The quantitative estimate of drug-likeness (QED) is 0.847. The fourth-order valence-corrected chi connectivity index (χ4v) is 5.06. The third-order valence-corrected chi connectivity index (χ3v) is 6.50. The molecule has 2 aromatic rings. The van der Waals surface area contributed by atoms with Crippen LogP contribution in [-0.2, 0) is 10.0 Å². The lowest BCUT2D eigenvalue weighted by Gasteiger charge is -2.40. The first-order valence-electron chi connectivity index (χ1n) is 6.42. The zero-order chi connectivity index (χ0) is 14.2. The highest BCUT2D eigenvalue weighted by Gasteiger charge is 2.39. The summed E-state index contributed by atoms with van der Waals surface area (Å²) >= 11 is 3.32. The van der Waals surface area contributed by atoms with Gasteiger partial charge in [0.05, 0.1) is 10.9 Å². The zero-order valence-corrected chi connectivity index (χ0v) is 13.1. The summed E-state index contributed by atoms with van der Waals surface area (Å²) < 4.78 is 27.6. The minimum Gasteiger partial charge on any atom is -0.207 e. The van der Waals surface area contributed by atoms with Crippen LogP contribution < -0.4 is 0 Å². The highest BCUT2D eigenvalue weighted by atomic mass is 79.9. The molecular formula is C15H14BrNO2S. The molecular weight excluding hydrogens is 338 g/mol. The highest BCUT2D eigenvalue weighted by molar-refractivity contribution is 9.10. The number of hydrogen-bond donors (Lipinski definition) is 0. The molecule has 1 saturated heterocycles. The average molecular weight is 352 g/mol. The Bertz CT molecular complexity index is 716. The molecule has 0 amide bonds. The lowest BCUT2D eigenvalue weighted by molar-refractivity contribution is 0.202. The molecule has 0 spiro atoms. The Morgan fingerprint density at radius 2 is 1.65 bits per heavy atom. The largest absolute Gasteiger partial charge is 0.244 e.